The van der Waals surface area contributed by atoms with Crippen LogP contribution in [0.1, 0.15) is 39.4 Å². The van der Waals surface area contributed by atoms with Crippen molar-refractivity contribution in [2.24, 2.45) is 5.92 Å². The molecule has 0 fully saturated rings. The number of hydrogen-bond donors (Lipinski definition) is 3. The van der Waals surface area contributed by atoms with Crippen LogP contribution in [-0.2, 0) is 0 Å². The number of aliphatic hydroxyl groups is 1. The summed E-state index contributed by atoms with van der Waals surface area (Å²) in [4.78, 5) is 8.76. The van der Waals surface area contributed by atoms with E-state index >= 15 is 0 Å². The van der Waals surface area contributed by atoms with E-state index in [4.69, 9.17) is 5.11 Å². The molecule has 108 valence electrons. The Morgan fingerprint density at radius 1 is 1.26 bits per heavy atom. The van der Waals surface area contributed by atoms with E-state index in [0.29, 0.717) is 5.92 Å². The van der Waals surface area contributed by atoms with Gasteiger partial charge in [0.05, 0.1) is 0 Å². The van der Waals surface area contributed by atoms with E-state index in [2.05, 4.69) is 41.4 Å². The predicted molar refractivity (Wildman–Crippen MR) is 79.5 cm³/mol. The average molecular weight is 266 g/mol. The number of aliphatic hydroxyl groups excluding tert-OH is 1. The smallest absolute Gasteiger partial charge is 0.132 e. The summed E-state index contributed by atoms with van der Waals surface area (Å²) < 4.78 is 0. The number of hydrogen-bond acceptors (Lipinski definition) is 5. The predicted octanol–water partition coefficient (Wildman–Crippen LogP) is 2.43. The van der Waals surface area contributed by atoms with Crippen LogP contribution in [0.15, 0.2) is 6.07 Å². The summed E-state index contributed by atoms with van der Waals surface area (Å²) in [7, 11) is 0. The zero-order valence-electron chi connectivity index (χ0n) is 12.4. The second-order valence-electron chi connectivity index (χ2n) is 5.12. The van der Waals surface area contributed by atoms with Crippen LogP contribution in [0.3, 0.4) is 0 Å². The van der Waals surface area contributed by atoms with E-state index in [-0.39, 0.29) is 12.6 Å². The fraction of sp³-hybridized carbons (Fsp3) is 0.714. The molecule has 0 radical (unpaired) electrons. The van der Waals surface area contributed by atoms with Gasteiger partial charge in [0.1, 0.15) is 17.5 Å². The lowest BCUT2D eigenvalue weighted by Crippen LogP contribution is -2.27. The van der Waals surface area contributed by atoms with Crippen LogP contribution in [0.25, 0.3) is 0 Å². The molecule has 0 bridgehead atoms. The number of rotatable bonds is 8. The van der Waals surface area contributed by atoms with Crippen molar-refractivity contribution in [3.8, 4) is 0 Å². The molecule has 0 aliphatic heterocycles. The van der Waals surface area contributed by atoms with E-state index in [9.17, 15) is 0 Å². The van der Waals surface area contributed by atoms with Crippen molar-refractivity contribution in [2.75, 3.05) is 23.8 Å². The summed E-state index contributed by atoms with van der Waals surface area (Å²) in [5, 5.41) is 15.8. The van der Waals surface area contributed by atoms with Gasteiger partial charge in [-0.05, 0) is 25.7 Å². The highest BCUT2D eigenvalue weighted by Gasteiger charge is 2.13. The third-order valence-electron chi connectivity index (χ3n) is 2.97. The van der Waals surface area contributed by atoms with E-state index in [1.54, 1.807) is 0 Å². The zero-order chi connectivity index (χ0) is 14.3. The minimum atomic E-state index is 0.181. The molecule has 1 aromatic heterocycles. The minimum Gasteiger partial charge on any atom is -0.396 e. The first-order chi connectivity index (χ1) is 9.06. The number of aromatic nitrogens is 2. The number of nitrogens with zero attached hydrogens (tertiary/aromatic N) is 2. The third-order valence-corrected chi connectivity index (χ3v) is 2.97. The first-order valence-corrected chi connectivity index (χ1v) is 7.03. The second kappa shape index (κ2) is 7.94. The van der Waals surface area contributed by atoms with Gasteiger partial charge in [0, 0.05) is 25.3 Å². The molecule has 1 rings (SSSR count). The normalized spacial score (nSPS) is 12.5. The van der Waals surface area contributed by atoms with Gasteiger partial charge in [0.15, 0.2) is 0 Å². The maximum Gasteiger partial charge on any atom is 0.132 e. The van der Waals surface area contributed by atoms with Crippen molar-refractivity contribution in [3.05, 3.63) is 11.9 Å². The van der Waals surface area contributed by atoms with Crippen molar-refractivity contribution in [1.29, 1.82) is 0 Å². The molecular weight excluding hydrogens is 240 g/mol. The summed E-state index contributed by atoms with van der Waals surface area (Å²) in [5.74, 6) is 2.85. The first-order valence-electron chi connectivity index (χ1n) is 7.03. The van der Waals surface area contributed by atoms with Gasteiger partial charge in [-0.2, -0.15) is 0 Å². The molecule has 3 N–H and O–H groups in total. The van der Waals surface area contributed by atoms with Gasteiger partial charge in [0.25, 0.3) is 0 Å². The van der Waals surface area contributed by atoms with Crippen LogP contribution in [0.2, 0.25) is 0 Å². The Morgan fingerprint density at radius 2 is 1.95 bits per heavy atom. The van der Waals surface area contributed by atoms with Gasteiger partial charge in [-0.1, -0.05) is 20.8 Å². The summed E-state index contributed by atoms with van der Waals surface area (Å²) in [6.45, 7) is 9.37. The van der Waals surface area contributed by atoms with Crippen LogP contribution in [0.5, 0.6) is 0 Å². The summed E-state index contributed by atoms with van der Waals surface area (Å²) in [6.07, 6.45) is 1.78. The van der Waals surface area contributed by atoms with Crippen LogP contribution in [-0.4, -0.2) is 34.3 Å². The van der Waals surface area contributed by atoms with Crippen LogP contribution >= 0.6 is 0 Å². The lowest BCUT2D eigenvalue weighted by Gasteiger charge is -2.22. The fourth-order valence-electron chi connectivity index (χ4n) is 1.89. The van der Waals surface area contributed by atoms with E-state index in [1.165, 1.54) is 0 Å². The molecular formula is C14H26N4O. The molecule has 0 aromatic carbocycles. The molecule has 0 aliphatic carbocycles. The highest BCUT2D eigenvalue weighted by molar-refractivity contribution is 5.48. The molecule has 1 atom stereocenters. The van der Waals surface area contributed by atoms with Gasteiger partial charge in [-0.15, -0.1) is 0 Å². The van der Waals surface area contributed by atoms with Gasteiger partial charge in [-0.25, -0.2) is 9.97 Å². The standard InChI is InChI=1S/C14H26N4O/c1-5-7-15-13-9-14(17-11(4)16-13)18-12(6-8-19)10(2)3/h9-10,12,19H,5-8H2,1-4H3,(H2,15,16,17,18). The van der Waals surface area contributed by atoms with Crippen molar-refractivity contribution in [2.45, 2.75) is 46.6 Å². The Morgan fingerprint density at radius 3 is 2.53 bits per heavy atom. The van der Waals surface area contributed by atoms with Gasteiger partial charge < -0.3 is 15.7 Å². The SMILES string of the molecule is CCCNc1cc(NC(CCO)C(C)C)nc(C)n1. The van der Waals surface area contributed by atoms with Crippen LogP contribution in [0.4, 0.5) is 11.6 Å². The molecule has 0 spiro atoms. The molecule has 0 saturated heterocycles. The maximum atomic E-state index is 9.10. The Hall–Kier alpha value is -1.36. The van der Waals surface area contributed by atoms with E-state index < -0.39 is 0 Å². The topological polar surface area (TPSA) is 70.1 Å². The second-order valence-corrected chi connectivity index (χ2v) is 5.12. The lowest BCUT2D eigenvalue weighted by atomic mass is 10.0. The Kier molecular flexibility index (Phi) is 6.56. The summed E-state index contributed by atoms with van der Waals surface area (Å²) >= 11 is 0. The first kappa shape index (κ1) is 15.7. The van der Waals surface area contributed by atoms with Gasteiger partial charge >= 0.3 is 0 Å². The largest absolute Gasteiger partial charge is 0.396 e. The Labute approximate surface area is 115 Å². The quantitative estimate of drug-likeness (QED) is 0.674. The highest BCUT2D eigenvalue weighted by Crippen LogP contribution is 2.16. The average Bonchev–Trinajstić information content (AvgIpc) is 2.35. The fourth-order valence-corrected chi connectivity index (χ4v) is 1.89. The maximum absolute atomic E-state index is 9.10. The summed E-state index contributed by atoms with van der Waals surface area (Å²) in [6, 6.07) is 2.15. The summed E-state index contributed by atoms with van der Waals surface area (Å²) in [5.41, 5.74) is 0. The van der Waals surface area contributed by atoms with Gasteiger partial charge in [0.2, 0.25) is 0 Å². The third kappa shape index (κ3) is 5.42. The minimum absolute atomic E-state index is 0.181. The molecule has 0 saturated carbocycles. The molecule has 0 amide bonds. The molecule has 1 aromatic rings. The molecule has 5 nitrogen and oxygen atoms in total. The van der Waals surface area contributed by atoms with Crippen molar-refractivity contribution >= 4 is 11.6 Å². The van der Waals surface area contributed by atoms with Gasteiger partial charge in [-0.3, -0.25) is 0 Å². The van der Waals surface area contributed by atoms with Crippen LogP contribution < -0.4 is 10.6 Å². The molecule has 5 heteroatoms. The Bertz CT molecular complexity index is 382. The van der Waals surface area contributed by atoms with E-state index in [0.717, 1.165) is 36.8 Å². The highest BCUT2D eigenvalue weighted by atomic mass is 16.3. The molecule has 1 unspecified atom stereocenters. The number of anilines is 2. The molecule has 19 heavy (non-hydrogen) atoms. The monoisotopic (exact) mass is 266 g/mol. The lowest BCUT2D eigenvalue weighted by molar-refractivity contribution is 0.267. The van der Waals surface area contributed by atoms with Crippen molar-refractivity contribution in [1.82, 2.24) is 9.97 Å². The molecule has 1 heterocycles. The van der Waals surface area contributed by atoms with Crippen molar-refractivity contribution in [3.63, 3.8) is 0 Å². The van der Waals surface area contributed by atoms with Crippen LogP contribution in [0, 0.1) is 12.8 Å². The van der Waals surface area contributed by atoms with Crippen molar-refractivity contribution < 1.29 is 5.11 Å². The van der Waals surface area contributed by atoms with E-state index in [1.807, 2.05) is 13.0 Å². The molecule has 0 aliphatic rings. The zero-order valence-corrected chi connectivity index (χ0v) is 12.4. The number of aryl methyl sites for hydroxylation is 1. The number of nitrogens with one attached hydrogen (secondary N) is 2. The Balaban J connectivity index is 2.78.